The van der Waals surface area contributed by atoms with Gasteiger partial charge in [0.1, 0.15) is 0 Å². The fourth-order valence-electron chi connectivity index (χ4n) is 3.29. The van der Waals surface area contributed by atoms with Crippen molar-refractivity contribution in [3.8, 4) is 0 Å². The molecule has 3 rings (SSSR count). The number of nitro benzene ring substituents is 1. The summed E-state index contributed by atoms with van der Waals surface area (Å²) in [5.41, 5.74) is -0.605. The van der Waals surface area contributed by atoms with E-state index in [1.807, 2.05) is 17.5 Å². The molecule has 2 aromatic rings. The van der Waals surface area contributed by atoms with Crippen LogP contribution in [0.5, 0.6) is 0 Å². The topological polar surface area (TPSA) is 89.3 Å². The normalized spacial score (nSPS) is 17.0. The molecule has 1 N–H and O–H groups in total. The summed E-state index contributed by atoms with van der Waals surface area (Å²) < 4.78 is 27.8. The molecular formula is C16H18N2O4S2. The van der Waals surface area contributed by atoms with Crippen molar-refractivity contribution in [2.45, 2.75) is 36.0 Å². The van der Waals surface area contributed by atoms with Crippen molar-refractivity contribution in [2.24, 2.45) is 0 Å². The fourth-order valence-corrected chi connectivity index (χ4v) is 5.57. The zero-order chi connectivity index (χ0) is 17.2. The summed E-state index contributed by atoms with van der Waals surface area (Å²) in [5, 5.41) is 13.1. The predicted octanol–water partition coefficient (Wildman–Crippen LogP) is 3.45. The van der Waals surface area contributed by atoms with E-state index in [9.17, 15) is 18.5 Å². The monoisotopic (exact) mass is 366 g/mol. The molecule has 1 aromatic heterocycles. The number of thiophene rings is 1. The van der Waals surface area contributed by atoms with Crippen molar-refractivity contribution in [1.82, 2.24) is 4.72 Å². The molecule has 1 aromatic carbocycles. The van der Waals surface area contributed by atoms with Gasteiger partial charge in [-0.15, -0.1) is 11.3 Å². The first-order valence-electron chi connectivity index (χ1n) is 7.72. The second-order valence-electron chi connectivity index (χ2n) is 6.01. The number of nitro groups is 1. The highest BCUT2D eigenvalue weighted by atomic mass is 32.2. The van der Waals surface area contributed by atoms with Crippen LogP contribution < -0.4 is 4.72 Å². The molecule has 0 saturated heterocycles. The molecule has 1 aliphatic rings. The third-order valence-electron chi connectivity index (χ3n) is 4.56. The van der Waals surface area contributed by atoms with Crippen molar-refractivity contribution in [3.63, 3.8) is 0 Å². The highest BCUT2D eigenvalue weighted by molar-refractivity contribution is 7.89. The molecule has 0 atom stereocenters. The number of nitrogens with zero attached hydrogens (tertiary/aromatic N) is 1. The molecule has 1 aliphatic carbocycles. The van der Waals surface area contributed by atoms with E-state index in [1.165, 1.54) is 29.1 Å². The second-order valence-corrected chi connectivity index (χ2v) is 8.70. The summed E-state index contributed by atoms with van der Waals surface area (Å²) in [6, 6.07) is 9.44. The van der Waals surface area contributed by atoms with E-state index in [1.54, 1.807) is 11.3 Å². The lowest BCUT2D eigenvalue weighted by atomic mass is 9.85. The molecule has 128 valence electrons. The number of benzene rings is 1. The van der Waals surface area contributed by atoms with Gasteiger partial charge in [0.2, 0.25) is 10.0 Å². The fraction of sp³-hybridized carbons (Fsp3) is 0.375. The minimum atomic E-state index is -3.94. The van der Waals surface area contributed by atoms with Crippen LogP contribution in [-0.4, -0.2) is 19.9 Å². The van der Waals surface area contributed by atoms with Crippen molar-refractivity contribution < 1.29 is 13.3 Å². The van der Waals surface area contributed by atoms with E-state index in [0.717, 1.165) is 25.7 Å². The maximum atomic E-state index is 12.6. The van der Waals surface area contributed by atoms with Crippen LogP contribution in [0, 0.1) is 10.1 Å². The Balaban J connectivity index is 1.87. The quantitative estimate of drug-likeness (QED) is 0.626. The summed E-state index contributed by atoms with van der Waals surface area (Å²) in [4.78, 5) is 11.3. The number of hydrogen-bond donors (Lipinski definition) is 1. The molecule has 1 heterocycles. The number of nitrogens with one attached hydrogen (secondary N) is 1. The van der Waals surface area contributed by atoms with E-state index >= 15 is 0 Å². The maximum absolute atomic E-state index is 12.6. The van der Waals surface area contributed by atoms with E-state index in [2.05, 4.69) is 4.72 Å². The number of hydrogen-bond acceptors (Lipinski definition) is 5. The number of sulfonamides is 1. The van der Waals surface area contributed by atoms with E-state index < -0.39 is 20.6 Å². The summed E-state index contributed by atoms with van der Waals surface area (Å²) >= 11 is 1.63. The van der Waals surface area contributed by atoms with Crippen molar-refractivity contribution >= 4 is 27.0 Å². The van der Waals surface area contributed by atoms with Gasteiger partial charge >= 0.3 is 0 Å². The first-order valence-corrected chi connectivity index (χ1v) is 10.1. The molecule has 0 amide bonds. The Morgan fingerprint density at radius 3 is 2.50 bits per heavy atom. The molecular weight excluding hydrogens is 348 g/mol. The largest absolute Gasteiger partial charge is 0.289 e. The minimum absolute atomic E-state index is 0.204. The Bertz CT molecular complexity index is 826. The summed E-state index contributed by atoms with van der Waals surface area (Å²) in [6.07, 6.45) is 3.97. The van der Waals surface area contributed by atoms with Gasteiger partial charge in [-0.1, -0.05) is 31.0 Å². The van der Waals surface area contributed by atoms with Gasteiger partial charge in [0.25, 0.3) is 5.69 Å². The first-order chi connectivity index (χ1) is 11.4. The maximum Gasteiger partial charge on any atom is 0.289 e. The summed E-state index contributed by atoms with van der Waals surface area (Å²) in [7, 11) is -3.94. The molecule has 0 bridgehead atoms. The molecule has 1 fully saturated rings. The smallest absolute Gasteiger partial charge is 0.258 e. The molecule has 0 radical (unpaired) electrons. The van der Waals surface area contributed by atoms with Crippen LogP contribution in [-0.2, 0) is 15.4 Å². The van der Waals surface area contributed by atoms with Crippen LogP contribution in [0.2, 0.25) is 0 Å². The molecule has 24 heavy (non-hydrogen) atoms. The van der Waals surface area contributed by atoms with Crippen LogP contribution in [0.25, 0.3) is 0 Å². The number of para-hydroxylation sites is 1. The van der Waals surface area contributed by atoms with E-state index in [-0.39, 0.29) is 16.9 Å². The van der Waals surface area contributed by atoms with Crippen LogP contribution in [0.3, 0.4) is 0 Å². The Kier molecular flexibility index (Phi) is 4.71. The average Bonchev–Trinajstić information content (AvgIpc) is 3.25. The van der Waals surface area contributed by atoms with Crippen molar-refractivity contribution in [1.29, 1.82) is 0 Å². The highest BCUT2D eigenvalue weighted by Gasteiger charge is 2.38. The minimum Gasteiger partial charge on any atom is -0.258 e. The Hall–Kier alpha value is -1.77. The lowest BCUT2D eigenvalue weighted by molar-refractivity contribution is -0.387. The molecule has 1 saturated carbocycles. The average molecular weight is 366 g/mol. The third-order valence-corrected chi connectivity index (χ3v) is 7.12. The van der Waals surface area contributed by atoms with Crippen LogP contribution >= 0.6 is 11.3 Å². The van der Waals surface area contributed by atoms with Gasteiger partial charge in [-0.25, -0.2) is 13.1 Å². The van der Waals surface area contributed by atoms with Crippen molar-refractivity contribution in [3.05, 3.63) is 56.8 Å². The van der Waals surface area contributed by atoms with Crippen LogP contribution in [0.15, 0.2) is 46.7 Å². The molecule has 0 spiro atoms. The predicted molar refractivity (Wildman–Crippen MR) is 92.7 cm³/mol. The number of rotatable bonds is 6. The van der Waals surface area contributed by atoms with Gasteiger partial charge < -0.3 is 0 Å². The zero-order valence-corrected chi connectivity index (χ0v) is 14.6. The third kappa shape index (κ3) is 3.22. The van der Waals surface area contributed by atoms with Gasteiger partial charge in [-0.3, -0.25) is 10.1 Å². The van der Waals surface area contributed by atoms with E-state index in [4.69, 9.17) is 0 Å². The molecule has 6 nitrogen and oxygen atoms in total. The van der Waals surface area contributed by atoms with Gasteiger partial charge in [0, 0.05) is 22.9 Å². The molecule has 0 aliphatic heterocycles. The van der Waals surface area contributed by atoms with Crippen LogP contribution in [0.4, 0.5) is 5.69 Å². The lowest BCUT2D eigenvalue weighted by Gasteiger charge is -2.28. The zero-order valence-electron chi connectivity index (χ0n) is 13.0. The van der Waals surface area contributed by atoms with Gasteiger partial charge in [0.15, 0.2) is 4.90 Å². The first kappa shape index (κ1) is 17.1. The highest BCUT2D eigenvalue weighted by Crippen LogP contribution is 2.42. The second kappa shape index (κ2) is 6.62. The Labute approximate surface area is 144 Å². The lowest BCUT2D eigenvalue weighted by Crippen LogP contribution is -2.38. The SMILES string of the molecule is O=[N+]([O-])c1ccccc1S(=O)(=O)NCC1(c2cccs2)CCCC1. The summed E-state index contributed by atoms with van der Waals surface area (Å²) in [5.74, 6) is 0. The van der Waals surface area contributed by atoms with Gasteiger partial charge in [-0.05, 0) is 30.4 Å². The Morgan fingerprint density at radius 2 is 1.88 bits per heavy atom. The van der Waals surface area contributed by atoms with Gasteiger partial charge in [-0.2, -0.15) is 0 Å². The van der Waals surface area contributed by atoms with E-state index in [0.29, 0.717) is 0 Å². The van der Waals surface area contributed by atoms with Crippen molar-refractivity contribution in [2.75, 3.05) is 6.54 Å². The standard InChI is InChI=1S/C16H18N2O4S2/c19-18(20)13-6-1-2-7-14(13)24(21,22)17-12-16(9-3-4-10-16)15-8-5-11-23-15/h1-2,5-8,11,17H,3-4,9-10,12H2. The Morgan fingerprint density at radius 1 is 1.17 bits per heavy atom. The van der Waals surface area contributed by atoms with Crippen LogP contribution in [0.1, 0.15) is 30.6 Å². The summed E-state index contributed by atoms with van der Waals surface area (Å²) in [6.45, 7) is 0.266. The van der Waals surface area contributed by atoms with Gasteiger partial charge in [0.05, 0.1) is 4.92 Å². The molecule has 0 unspecified atom stereocenters. The molecule has 8 heteroatoms.